The average molecular weight is 385 g/mol. The number of nitrogen functional groups attached to an aromatic ring is 1. The lowest BCUT2D eigenvalue weighted by Gasteiger charge is -2.26. The SMILES string of the molecule is Cc1occc1-c1nnc(SCC(=O)NC2CCOc3ccccc32)n1N. The zero-order valence-electron chi connectivity index (χ0n) is 14.7. The molecule has 0 aliphatic carbocycles. The van der Waals surface area contributed by atoms with Crippen LogP contribution in [0.1, 0.15) is 23.8 Å². The Kier molecular flexibility index (Phi) is 4.76. The van der Waals surface area contributed by atoms with Gasteiger partial charge in [0.2, 0.25) is 11.1 Å². The lowest BCUT2D eigenvalue weighted by atomic mass is 10.0. The van der Waals surface area contributed by atoms with Gasteiger partial charge in [0.15, 0.2) is 5.82 Å². The average Bonchev–Trinajstić information content (AvgIpc) is 3.25. The third-order valence-corrected chi connectivity index (χ3v) is 5.33. The molecule has 1 aliphatic heterocycles. The van der Waals surface area contributed by atoms with Gasteiger partial charge in [-0.25, -0.2) is 4.68 Å². The molecule has 0 saturated carbocycles. The van der Waals surface area contributed by atoms with Gasteiger partial charge in [-0.05, 0) is 19.1 Å². The van der Waals surface area contributed by atoms with Gasteiger partial charge in [0.25, 0.3) is 0 Å². The van der Waals surface area contributed by atoms with Crippen LogP contribution in [0.2, 0.25) is 0 Å². The largest absolute Gasteiger partial charge is 0.493 e. The molecule has 0 bridgehead atoms. The van der Waals surface area contributed by atoms with Crippen LogP contribution in [-0.4, -0.2) is 33.1 Å². The van der Waals surface area contributed by atoms with E-state index < -0.39 is 0 Å². The number of fused-ring (bicyclic) bond motifs is 1. The van der Waals surface area contributed by atoms with E-state index in [1.807, 2.05) is 31.2 Å². The lowest BCUT2D eigenvalue weighted by Crippen LogP contribution is -2.33. The van der Waals surface area contributed by atoms with Gasteiger partial charge in [0.05, 0.1) is 30.2 Å². The molecule has 2 aromatic heterocycles. The van der Waals surface area contributed by atoms with E-state index in [1.54, 1.807) is 12.3 Å². The van der Waals surface area contributed by atoms with Gasteiger partial charge in [0.1, 0.15) is 11.5 Å². The molecule has 27 heavy (non-hydrogen) atoms. The van der Waals surface area contributed by atoms with E-state index in [9.17, 15) is 4.79 Å². The fraction of sp³-hybridized carbons (Fsp3) is 0.278. The van der Waals surface area contributed by atoms with Gasteiger partial charge in [-0.1, -0.05) is 30.0 Å². The van der Waals surface area contributed by atoms with E-state index in [2.05, 4.69) is 15.5 Å². The predicted molar refractivity (Wildman–Crippen MR) is 101 cm³/mol. The highest BCUT2D eigenvalue weighted by molar-refractivity contribution is 7.99. The topological polar surface area (TPSA) is 108 Å². The van der Waals surface area contributed by atoms with Gasteiger partial charge in [0, 0.05) is 12.0 Å². The zero-order valence-corrected chi connectivity index (χ0v) is 15.5. The number of furan rings is 1. The number of nitrogens with one attached hydrogen (secondary N) is 1. The summed E-state index contributed by atoms with van der Waals surface area (Å²) in [6.45, 7) is 2.41. The van der Waals surface area contributed by atoms with Crippen molar-refractivity contribution in [3.8, 4) is 17.1 Å². The Morgan fingerprint density at radius 1 is 1.37 bits per heavy atom. The van der Waals surface area contributed by atoms with Crippen LogP contribution < -0.4 is 15.9 Å². The molecule has 140 valence electrons. The first kappa shape index (κ1) is 17.5. The first-order chi connectivity index (χ1) is 13.1. The molecule has 0 radical (unpaired) electrons. The number of thioether (sulfide) groups is 1. The van der Waals surface area contributed by atoms with E-state index in [0.717, 1.165) is 23.3 Å². The molecule has 1 aromatic carbocycles. The third-order valence-electron chi connectivity index (χ3n) is 4.39. The minimum atomic E-state index is -0.0919. The number of rotatable bonds is 5. The molecular weight excluding hydrogens is 366 g/mol. The van der Waals surface area contributed by atoms with E-state index >= 15 is 0 Å². The number of benzene rings is 1. The Hall–Kier alpha value is -2.94. The van der Waals surface area contributed by atoms with E-state index in [0.29, 0.717) is 23.3 Å². The first-order valence-electron chi connectivity index (χ1n) is 8.52. The third kappa shape index (κ3) is 3.50. The molecule has 8 nitrogen and oxygen atoms in total. The van der Waals surface area contributed by atoms with Crippen LogP contribution in [0.25, 0.3) is 11.4 Å². The van der Waals surface area contributed by atoms with Crippen molar-refractivity contribution in [2.24, 2.45) is 0 Å². The maximum atomic E-state index is 12.4. The second-order valence-electron chi connectivity index (χ2n) is 6.15. The number of hydrogen-bond acceptors (Lipinski definition) is 7. The monoisotopic (exact) mass is 385 g/mol. The van der Waals surface area contributed by atoms with Crippen molar-refractivity contribution < 1.29 is 13.9 Å². The number of nitrogens with zero attached hydrogens (tertiary/aromatic N) is 3. The van der Waals surface area contributed by atoms with Crippen LogP contribution in [0.5, 0.6) is 5.75 Å². The molecule has 1 atom stereocenters. The first-order valence-corrected chi connectivity index (χ1v) is 9.51. The molecular formula is C18H19N5O3S. The van der Waals surface area contributed by atoms with Gasteiger partial charge >= 0.3 is 0 Å². The number of carbonyl (C=O) groups excluding carboxylic acids is 1. The Labute approximate surface area is 160 Å². The highest BCUT2D eigenvalue weighted by atomic mass is 32.2. The van der Waals surface area contributed by atoms with Gasteiger partial charge in [-0.3, -0.25) is 4.79 Å². The summed E-state index contributed by atoms with van der Waals surface area (Å²) in [5.41, 5.74) is 1.78. The van der Waals surface area contributed by atoms with Gasteiger partial charge in [-0.15, -0.1) is 10.2 Å². The van der Waals surface area contributed by atoms with Crippen LogP contribution in [0.4, 0.5) is 0 Å². The van der Waals surface area contributed by atoms with Crippen LogP contribution in [0, 0.1) is 6.92 Å². The quantitative estimate of drug-likeness (QED) is 0.512. The number of para-hydroxylation sites is 1. The second kappa shape index (κ2) is 7.36. The summed E-state index contributed by atoms with van der Waals surface area (Å²) < 4.78 is 12.3. The summed E-state index contributed by atoms with van der Waals surface area (Å²) >= 11 is 1.24. The minimum absolute atomic E-state index is 0.0528. The molecule has 1 unspecified atom stereocenters. The number of aromatic nitrogens is 3. The number of carbonyl (C=O) groups is 1. The molecule has 3 N–H and O–H groups in total. The highest BCUT2D eigenvalue weighted by Crippen LogP contribution is 2.31. The van der Waals surface area contributed by atoms with Gasteiger partial charge < -0.3 is 20.3 Å². The van der Waals surface area contributed by atoms with Crippen LogP contribution in [-0.2, 0) is 4.79 Å². The van der Waals surface area contributed by atoms with Crippen molar-refractivity contribution in [3.05, 3.63) is 47.9 Å². The van der Waals surface area contributed by atoms with Crippen LogP contribution >= 0.6 is 11.8 Å². The predicted octanol–water partition coefficient (Wildman–Crippen LogP) is 2.29. The smallest absolute Gasteiger partial charge is 0.230 e. The molecule has 1 aliphatic rings. The standard InChI is InChI=1S/C18H19N5O3S/c1-11-12(6-8-25-11)17-21-22-18(23(17)19)27-10-16(24)20-14-7-9-26-15-5-3-2-4-13(14)15/h2-6,8,14H,7,9-10,19H2,1H3,(H,20,24). The molecule has 4 rings (SSSR count). The summed E-state index contributed by atoms with van der Waals surface area (Å²) in [7, 11) is 0. The van der Waals surface area contributed by atoms with Crippen molar-refractivity contribution in [1.82, 2.24) is 20.2 Å². The van der Waals surface area contributed by atoms with Crippen LogP contribution in [0.15, 0.2) is 46.2 Å². The van der Waals surface area contributed by atoms with Crippen molar-refractivity contribution in [1.29, 1.82) is 0 Å². The summed E-state index contributed by atoms with van der Waals surface area (Å²) in [4.78, 5) is 12.4. The Morgan fingerprint density at radius 3 is 3.04 bits per heavy atom. The van der Waals surface area contributed by atoms with Gasteiger partial charge in [-0.2, -0.15) is 0 Å². The minimum Gasteiger partial charge on any atom is -0.493 e. The summed E-state index contributed by atoms with van der Waals surface area (Å²) in [6.07, 6.45) is 2.32. The number of nitrogens with two attached hydrogens (primary N) is 1. The van der Waals surface area contributed by atoms with Crippen molar-refractivity contribution >= 4 is 17.7 Å². The van der Waals surface area contributed by atoms with E-state index in [4.69, 9.17) is 15.0 Å². The Bertz CT molecular complexity index is 968. The number of amides is 1. The fourth-order valence-corrected chi connectivity index (χ4v) is 3.70. The number of hydrogen-bond donors (Lipinski definition) is 2. The molecule has 0 saturated heterocycles. The molecule has 3 aromatic rings. The normalized spacial score (nSPS) is 15.8. The molecule has 1 amide bonds. The maximum absolute atomic E-state index is 12.4. The molecule has 9 heteroatoms. The molecule has 0 spiro atoms. The van der Waals surface area contributed by atoms with Crippen molar-refractivity contribution in [3.63, 3.8) is 0 Å². The Balaban J connectivity index is 1.40. The van der Waals surface area contributed by atoms with Crippen molar-refractivity contribution in [2.45, 2.75) is 24.5 Å². The second-order valence-corrected chi connectivity index (χ2v) is 7.09. The fourth-order valence-electron chi connectivity index (χ4n) is 3.03. The maximum Gasteiger partial charge on any atom is 0.230 e. The van der Waals surface area contributed by atoms with Crippen LogP contribution in [0.3, 0.4) is 0 Å². The zero-order chi connectivity index (χ0) is 18.8. The molecule has 3 heterocycles. The lowest BCUT2D eigenvalue weighted by molar-refractivity contribution is -0.119. The van der Waals surface area contributed by atoms with E-state index in [-0.39, 0.29) is 17.7 Å². The Morgan fingerprint density at radius 2 is 2.22 bits per heavy atom. The highest BCUT2D eigenvalue weighted by Gasteiger charge is 2.23. The van der Waals surface area contributed by atoms with E-state index in [1.165, 1.54) is 16.4 Å². The number of ether oxygens (including phenoxy) is 1. The number of aryl methyl sites for hydroxylation is 1. The summed E-state index contributed by atoms with van der Waals surface area (Å²) in [6, 6.07) is 9.49. The summed E-state index contributed by atoms with van der Waals surface area (Å²) in [5.74, 6) is 8.21. The summed E-state index contributed by atoms with van der Waals surface area (Å²) in [5, 5.41) is 11.7. The molecule has 0 fully saturated rings. The van der Waals surface area contributed by atoms with Crippen molar-refractivity contribution in [2.75, 3.05) is 18.2 Å².